The summed E-state index contributed by atoms with van der Waals surface area (Å²) in [6.07, 6.45) is 13.0. The topological polar surface area (TPSA) is 95.0 Å². The molecule has 4 aliphatic carbocycles. The molecule has 39 heavy (non-hydrogen) atoms. The largest absolute Gasteiger partial charge is 0.508 e. The molecule has 7 nitrogen and oxygen atoms in total. The van der Waals surface area contributed by atoms with Crippen LogP contribution in [0, 0.1) is 29.6 Å². The first-order valence-electron chi connectivity index (χ1n) is 15.2. The van der Waals surface area contributed by atoms with Gasteiger partial charge in [-0.05, 0) is 62.1 Å². The average Bonchev–Trinajstić information content (AvgIpc) is 3.37. The number of allylic oxidation sites excluding steroid dienone is 2. The van der Waals surface area contributed by atoms with Crippen molar-refractivity contribution in [3.63, 3.8) is 0 Å². The van der Waals surface area contributed by atoms with Crippen LogP contribution in [0.5, 0.6) is 5.75 Å². The molecule has 4 amide bonds. The number of carbonyl (C=O) groups excluding carboxylic acids is 4. The fourth-order valence-electron chi connectivity index (χ4n) is 9.09. The molecule has 2 aliphatic heterocycles. The van der Waals surface area contributed by atoms with Crippen LogP contribution in [0.4, 0.5) is 0 Å². The summed E-state index contributed by atoms with van der Waals surface area (Å²) in [6.45, 7) is 0. The van der Waals surface area contributed by atoms with Gasteiger partial charge in [-0.2, -0.15) is 0 Å². The van der Waals surface area contributed by atoms with Gasteiger partial charge in [0.15, 0.2) is 0 Å². The maximum Gasteiger partial charge on any atom is 0.234 e. The Balaban J connectivity index is 1.28. The monoisotopic (exact) mass is 530 g/mol. The number of rotatable bonds is 3. The Labute approximate surface area is 229 Å². The highest BCUT2D eigenvalue weighted by atomic mass is 16.3. The first-order chi connectivity index (χ1) is 19.0. The van der Waals surface area contributed by atoms with Gasteiger partial charge in [0, 0.05) is 18.0 Å². The molecule has 2 heterocycles. The van der Waals surface area contributed by atoms with Crippen molar-refractivity contribution in [3.8, 4) is 5.75 Å². The molecule has 6 aliphatic rings. The van der Waals surface area contributed by atoms with Crippen molar-refractivity contribution in [2.75, 3.05) is 0 Å². The van der Waals surface area contributed by atoms with E-state index in [1.165, 1.54) is 0 Å². The highest BCUT2D eigenvalue weighted by Crippen LogP contribution is 2.58. The number of imide groups is 2. The Morgan fingerprint density at radius 1 is 0.615 bits per heavy atom. The minimum atomic E-state index is -0.496. The van der Waals surface area contributed by atoms with Crippen molar-refractivity contribution in [2.24, 2.45) is 29.6 Å². The lowest BCUT2D eigenvalue weighted by Gasteiger charge is -2.44. The fourth-order valence-corrected chi connectivity index (χ4v) is 9.09. The summed E-state index contributed by atoms with van der Waals surface area (Å²) in [4.78, 5) is 58.9. The summed E-state index contributed by atoms with van der Waals surface area (Å²) in [5.41, 5.74) is 1.94. The van der Waals surface area contributed by atoms with Crippen LogP contribution >= 0.6 is 0 Å². The number of aromatic hydroxyl groups is 1. The SMILES string of the molecule is O=C1C2CC=C3C(CC4C(=O)N(C5CCCCC5)C(=O)C4C3c3ccc(O)cc3)C2C(=O)N1C1CCCCC1. The molecule has 6 atom stereocenters. The van der Waals surface area contributed by atoms with Crippen LogP contribution in [0.25, 0.3) is 0 Å². The van der Waals surface area contributed by atoms with Gasteiger partial charge in [-0.15, -0.1) is 0 Å². The number of likely N-dealkylation sites (tertiary alicyclic amines) is 2. The summed E-state index contributed by atoms with van der Waals surface area (Å²) in [5.74, 6) is -2.45. The van der Waals surface area contributed by atoms with E-state index in [4.69, 9.17) is 0 Å². The number of carbonyl (C=O) groups is 4. The van der Waals surface area contributed by atoms with Gasteiger partial charge in [0.05, 0.1) is 23.7 Å². The van der Waals surface area contributed by atoms with Crippen LogP contribution < -0.4 is 0 Å². The number of benzene rings is 1. The van der Waals surface area contributed by atoms with E-state index in [-0.39, 0.29) is 59.2 Å². The minimum Gasteiger partial charge on any atom is -0.508 e. The van der Waals surface area contributed by atoms with Crippen molar-refractivity contribution in [2.45, 2.75) is 95.1 Å². The van der Waals surface area contributed by atoms with Crippen molar-refractivity contribution >= 4 is 23.6 Å². The molecule has 0 radical (unpaired) electrons. The fraction of sp³-hybridized carbons (Fsp3) is 0.625. The molecule has 206 valence electrons. The molecule has 0 aromatic heterocycles. The Morgan fingerprint density at radius 3 is 1.74 bits per heavy atom. The molecule has 0 bridgehead atoms. The predicted molar refractivity (Wildman–Crippen MR) is 143 cm³/mol. The van der Waals surface area contributed by atoms with Crippen molar-refractivity contribution < 1.29 is 24.3 Å². The van der Waals surface area contributed by atoms with Gasteiger partial charge in [0.2, 0.25) is 23.6 Å². The number of phenolic OH excluding ortho intramolecular Hbond substituents is 1. The number of phenols is 1. The van der Waals surface area contributed by atoms with Gasteiger partial charge in [0.1, 0.15) is 5.75 Å². The van der Waals surface area contributed by atoms with E-state index in [0.717, 1.165) is 75.3 Å². The van der Waals surface area contributed by atoms with Crippen molar-refractivity contribution in [1.29, 1.82) is 0 Å². The second-order valence-electron chi connectivity index (χ2n) is 12.8. The number of hydrogen-bond donors (Lipinski definition) is 1. The summed E-state index contributed by atoms with van der Waals surface area (Å²) in [7, 11) is 0. The second-order valence-corrected chi connectivity index (χ2v) is 12.8. The van der Waals surface area contributed by atoms with Crippen molar-refractivity contribution in [3.05, 3.63) is 41.5 Å². The highest BCUT2D eigenvalue weighted by Gasteiger charge is 2.63. The summed E-state index contributed by atoms with van der Waals surface area (Å²) in [5, 5.41) is 9.99. The quantitative estimate of drug-likeness (QED) is 0.452. The Bertz CT molecular complexity index is 1230. The third-order valence-corrected chi connectivity index (χ3v) is 10.8. The molecule has 7 heteroatoms. The molecule has 1 aromatic rings. The van der Waals surface area contributed by atoms with Crippen LogP contribution in [-0.4, -0.2) is 50.6 Å². The minimum absolute atomic E-state index is 0.00600. The molecule has 1 N–H and O–H groups in total. The zero-order valence-electron chi connectivity index (χ0n) is 22.5. The zero-order chi connectivity index (χ0) is 26.8. The van der Waals surface area contributed by atoms with Crippen LogP contribution in [0.1, 0.15) is 88.5 Å². The molecule has 1 aromatic carbocycles. The van der Waals surface area contributed by atoms with Crippen LogP contribution in [0.3, 0.4) is 0 Å². The molecular weight excluding hydrogens is 492 g/mol. The first kappa shape index (κ1) is 25.0. The van der Waals surface area contributed by atoms with Crippen LogP contribution in [-0.2, 0) is 19.2 Å². The van der Waals surface area contributed by atoms with Gasteiger partial charge in [-0.3, -0.25) is 29.0 Å². The van der Waals surface area contributed by atoms with Crippen molar-refractivity contribution in [1.82, 2.24) is 9.80 Å². The number of amides is 4. The Hall–Kier alpha value is -2.96. The third kappa shape index (κ3) is 3.82. The van der Waals surface area contributed by atoms with E-state index in [1.807, 2.05) is 12.1 Å². The first-order valence-corrected chi connectivity index (χ1v) is 15.2. The molecule has 5 fully saturated rings. The van der Waals surface area contributed by atoms with E-state index in [9.17, 15) is 24.3 Å². The predicted octanol–water partition coefficient (Wildman–Crippen LogP) is 4.69. The van der Waals surface area contributed by atoms with Crippen LogP contribution in [0.2, 0.25) is 0 Å². The maximum absolute atomic E-state index is 14.1. The molecular formula is C32H38N2O5. The molecule has 3 saturated carbocycles. The smallest absolute Gasteiger partial charge is 0.234 e. The number of fused-ring (bicyclic) bond motifs is 4. The van der Waals surface area contributed by atoms with E-state index in [1.54, 1.807) is 21.9 Å². The van der Waals surface area contributed by atoms with E-state index in [0.29, 0.717) is 12.8 Å². The molecule has 0 spiro atoms. The van der Waals surface area contributed by atoms with E-state index >= 15 is 0 Å². The van der Waals surface area contributed by atoms with Gasteiger partial charge in [-0.25, -0.2) is 0 Å². The van der Waals surface area contributed by atoms with E-state index in [2.05, 4.69) is 6.08 Å². The average molecular weight is 531 g/mol. The molecule has 2 saturated heterocycles. The van der Waals surface area contributed by atoms with Crippen LogP contribution in [0.15, 0.2) is 35.9 Å². The Kier molecular flexibility index (Phi) is 6.16. The standard InChI is InChI=1S/C32H38N2O5/c35-21-13-11-18(12-14-21)26-22-15-16-23-27(31(38)33(29(23)36)19-7-3-1-4-8-19)24(22)17-25-28(26)32(39)34(30(25)37)20-9-5-2-6-10-20/h11-15,19-20,23-28,35H,1-10,16-17H2. The van der Waals surface area contributed by atoms with Gasteiger partial charge in [0.25, 0.3) is 0 Å². The maximum atomic E-state index is 14.1. The summed E-state index contributed by atoms with van der Waals surface area (Å²) >= 11 is 0. The second kappa shape index (κ2) is 9.60. The highest BCUT2D eigenvalue weighted by molar-refractivity contribution is 6.08. The normalized spacial score (nSPS) is 35.6. The number of hydrogen-bond acceptors (Lipinski definition) is 5. The Morgan fingerprint density at radius 2 is 1.15 bits per heavy atom. The number of nitrogens with zero attached hydrogens (tertiary/aromatic N) is 2. The summed E-state index contributed by atoms with van der Waals surface area (Å²) < 4.78 is 0. The molecule has 6 unspecified atom stereocenters. The third-order valence-electron chi connectivity index (χ3n) is 10.8. The molecule has 7 rings (SSSR count). The van der Waals surface area contributed by atoms with E-state index < -0.39 is 17.8 Å². The lowest BCUT2D eigenvalue weighted by Crippen LogP contribution is -2.44. The lowest BCUT2D eigenvalue weighted by atomic mass is 9.57. The summed E-state index contributed by atoms with van der Waals surface area (Å²) in [6, 6.07) is 6.93. The zero-order valence-corrected chi connectivity index (χ0v) is 22.5. The lowest BCUT2D eigenvalue weighted by molar-refractivity contribution is -0.145. The van der Waals surface area contributed by atoms with Gasteiger partial charge >= 0.3 is 0 Å². The van der Waals surface area contributed by atoms with Gasteiger partial charge < -0.3 is 5.11 Å². The van der Waals surface area contributed by atoms with Gasteiger partial charge in [-0.1, -0.05) is 62.3 Å².